The minimum absolute atomic E-state index is 0.132. The van der Waals surface area contributed by atoms with E-state index in [-0.39, 0.29) is 5.91 Å². The third-order valence-corrected chi connectivity index (χ3v) is 7.12. The lowest BCUT2D eigenvalue weighted by atomic mass is 9.95. The number of hydrogen-bond donors (Lipinski definition) is 2. The zero-order valence-corrected chi connectivity index (χ0v) is 20.7. The fourth-order valence-electron chi connectivity index (χ4n) is 5.17. The number of imidazole rings is 1. The highest BCUT2D eigenvalue weighted by Crippen LogP contribution is 2.33. The maximum absolute atomic E-state index is 13.0. The molecule has 184 valence electrons. The first-order chi connectivity index (χ1) is 18.2. The second-order valence-corrected chi connectivity index (χ2v) is 9.70. The second kappa shape index (κ2) is 10.3. The zero-order valence-electron chi connectivity index (χ0n) is 20.7. The number of pyridine rings is 1. The average Bonchev–Trinajstić information content (AvgIpc) is 3.32. The highest BCUT2D eigenvalue weighted by atomic mass is 16.1. The molecule has 5 aromatic rings. The molecule has 5 heteroatoms. The van der Waals surface area contributed by atoms with Crippen molar-refractivity contribution in [1.29, 1.82) is 0 Å². The van der Waals surface area contributed by atoms with Crippen LogP contribution in [0.1, 0.15) is 42.5 Å². The fourth-order valence-corrected chi connectivity index (χ4v) is 5.17. The Morgan fingerprint density at radius 3 is 2.30 bits per heavy atom. The average molecular weight is 487 g/mol. The summed E-state index contributed by atoms with van der Waals surface area (Å²) in [6, 6.07) is 32.4. The Morgan fingerprint density at radius 2 is 1.49 bits per heavy atom. The Morgan fingerprint density at radius 1 is 0.757 bits per heavy atom. The van der Waals surface area contributed by atoms with Gasteiger partial charge in [-0.1, -0.05) is 79.9 Å². The van der Waals surface area contributed by atoms with Crippen LogP contribution >= 0.6 is 0 Å². The summed E-state index contributed by atoms with van der Waals surface area (Å²) >= 11 is 0. The zero-order chi connectivity index (χ0) is 25.0. The number of carbonyl (C=O) groups excluding carboxylic acids is 1. The number of rotatable bonds is 6. The van der Waals surface area contributed by atoms with Crippen molar-refractivity contribution in [2.24, 2.45) is 0 Å². The summed E-state index contributed by atoms with van der Waals surface area (Å²) < 4.78 is 2.13. The lowest BCUT2D eigenvalue weighted by Crippen LogP contribution is -2.23. The Bertz CT molecular complexity index is 1520. The summed E-state index contributed by atoms with van der Waals surface area (Å²) in [4.78, 5) is 18.0. The Balaban J connectivity index is 1.25. The summed E-state index contributed by atoms with van der Waals surface area (Å²) in [6.45, 7) is 0. The van der Waals surface area contributed by atoms with Gasteiger partial charge in [0.1, 0.15) is 17.2 Å². The summed E-state index contributed by atoms with van der Waals surface area (Å²) in [7, 11) is 0. The van der Waals surface area contributed by atoms with Crippen molar-refractivity contribution in [2.75, 3.05) is 10.6 Å². The first kappa shape index (κ1) is 23.0. The van der Waals surface area contributed by atoms with Gasteiger partial charge in [0.2, 0.25) is 0 Å². The van der Waals surface area contributed by atoms with Gasteiger partial charge in [0.15, 0.2) is 0 Å². The number of fused-ring (bicyclic) bond motifs is 1. The van der Waals surface area contributed by atoms with Crippen molar-refractivity contribution in [3.8, 4) is 22.4 Å². The number of anilines is 2. The van der Waals surface area contributed by atoms with Crippen LogP contribution in [0.2, 0.25) is 0 Å². The second-order valence-electron chi connectivity index (χ2n) is 9.70. The Labute approximate surface area is 217 Å². The molecule has 1 fully saturated rings. The van der Waals surface area contributed by atoms with Crippen molar-refractivity contribution in [1.82, 2.24) is 9.38 Å². The minimum Gasteiger partial charge on any atom is -0.367 e. The van der Waals surface area contributed by atoms with Crippen LogP contribution in [0.5, 0.6) is 0 Å². The van der Waals surface area contributed by atoms with Crippen LogP contribution in [-0.4, -0.2) is 21.3 Å². The van der Waals surface area contributed by atoms with Gasteiger partial charge in [0.25, 0.3) is 5.91 Å². The van der Waals surface area contributed by atoms with Crippen LogP contribution in [0.25, 0.3) is 28.0 Å². The molecule has 1 amide bonds. The number of nitrogens with zero attached hydrogens (tertiary/aromatic N) is 2. The molecule has 0 spiro atoms. The molecule has 0 atom stereocenters. The monoisotopic (exact) mass is 486 g/mol. The van der Waals surface area contributed by atoms with Gasteiger partial charge in [-0.25, -0.2) is 4.98 Å². The van der Waals surface area contributed by atoms with E-state index < -0.39 is 0 Å². The molecule has 1 saturated carbocycles. The van der Waals surface area contributed by atoms with E-state index in [2.05, 4.69) is 39.4 Å². The van der Waals surface area contributed by atoms with Gasteiger partial charge in [-0.05, 0) is 60.4 Å². The van der Waals surface area contributed by atoms with Crippen LogP contribution in [0, 0.1) is 0 Å². The van der Waals surface area contributed by atoms with Crippen LogP contribution in [0.15, 0.2) is 103 Å². The molecule has 0 unspecified atom stereocenters. The van der Waals surface area contributed by atoms with Crippen molar-refractivity contribution in [3.05, 3.63) is 109 Å². The van der Waals surface area contributed by atoms with E-state index in [4.69, 9.17) is 4.98 Å². The summed E-state index contributed by atoms with van der Waals surface area (Å²) in [5, 5.41) is 6.86. The number of carbonyl (C=O) groups is 1. The number of aromatic nitrogens is 2. The molecule has 2 aromatic heterocycles. The molecule has 0 bridgehead atoms. The van der Waals surface area contributed by atoms with Crippen molar-refractivity contribution in [3.63, 3.8) is 0 Å². The smallest absolute Gasteiger partial charge is 0.255 e. The number of nitrogens with one attached hydrogen (secondary N) is 2. The van der Waals surface area contributed by atoms with E-state index in [0.29, 0.717) is 11.6 Å². The lowest BCUT2D eigenvalue weighted by molar-refractivity contribution is 0.102. The molecular weight excluding hydrogens is 456 g/mol. The quantitative estimate of drug-likeness (QED) is 0.259. The number of amides is 1. The fraction of sp³-hybridized carbons (Fsp3) is 0.188. The van der Waals surface area contributed by atoms with Gasteiger partial charge in [-0.3, -0.25) is 9.20 Å². The highest BCUT2D eigenvalue weighted by Gasteiger charge is 2.20. The van der Waals surface area contributed by atoms with E-state index in [1.807, 2.05) is 78.9 Å². The third-order valence-electron chi connectivity index (χ3n) is 7.12. The first-order valence-corrected chi connectivity index (χ1v) is 13.1. The molecule has 2 heterocycles. The summed E-state index contributed by atoms with van der Waals surface area (Å²) in [6.07, 6.45) is 8.25. The molecule has 3 aromatic carbocycles. The van der Waals surface area contributed by atoms with E-state index in [1.54, 1.807) is 0 Å². The van der Waals surface area contributed by atoms with E-state index in [0.717, 1.165) is 39.5 Å². The minimum atomic E-state index is -0.132. The predicted molar refractivity (Wildman–Crippen MR) is 151 cm³/mol. The summed E-state index contributed by atoms with van der Waals surface area (Å²) in [5.41, 5.74) is 6.37. The topological polar surface area (TPSA) is 58.4 Å². The maximum Gasteiger partial charge on any atom is 0.255 e. The van der Waals surface area contributed by atoms with E-state index in [9.17, 15) is 4.79 Å². The summed E-state index contributed by atoms with van der Waals surface area (Å²) in [5.74, 6) is 0.884. The third kappa shape index (κ3) is 4.98. The van der Waals surface area contributed by atoms with Gasteiger partial charge in [-0.15, -0.1) is 0 Å². The predicted octanol–water partition coefficient (Wildman–Crippen LogP) is 7.67. The van der Waals surface area contributed by atoms with Crippen LogP contribution in [0.4, 0.5) is 11.5 Å². The van der Waals surface area contributed by atoms with Crippen LogP contribution in [0.3, 0.4) is 0 Å². The van der Waals surface area contributed by atoms with Crippen molar-refractivity contribution in [2.45, 2.75) is 38.1 Å². The van der Waals surface area contributed by atoms with Gasteiger partial charge >= 0.3 is 0 Å². The first-order valence-electron chi connectivity index (χ1n) is 13.1. The largest absolute Gasteiger partial charge is 0.367 e. The molecule has 0 radical (unpaired) electrons. The van der Waals surface area contributed by atoms with Gasteiger partial charge < -0.3 is 10.6 Å². The Kier molecular flexibility index (Phi) is 6.42. The molecule has 0 saturated heterocycles. The van der Waals surface area contributed by atoms with E-state index in [1.165, 1.54) is 32.1 Å². The number of hydrogen-bond acceptors (Lipinski definition) is 3. The number of benzene rings is 3. The van der Waals surface area contributed by atoms with Gasteiger partial charge in [0.05, 0.1) is 0 Å². The van der Waals surface area contributed by atoms with Crippen molar-refractivity contribution >= 4 is 23.1 Å². The van der Waals surface area contributed by atoms with E-state index >= 15 is 0 Å². The molecule has 37 heavy (non-hydrogen) atoms. The molecule has 0 aliphatic heterocycles. The Hall–Kier alpha value is -4.38. The molecule has 1 aliphatic carbocycles. The van der Waals surface area contributed by atoms with Crippen LogP contribution < -0.4 is 10.6 Å². The SMILES string of the molecule is O=C(Nc1cccc(-c2nc3ccccn3c2NC2CCCCC2)c1)c1ccc(-c2ccccc2)cc1. The molecule has 1 aliphatic rings. The molecular formula is C32H30N4O. The van der Waals surface area contributed by atoms with Gasteiger partial charge in [-0.2, -0.15) is 0 Å². The molecule has 2 N–H and O–H groups in total. The molecule has 5 nitrogen and oxygen atoms in total. The maximum atomic E-state index is 13.0. The van der Waals surface area contributed by atoms with Gasteiger partial charge in [0, 0.05) is 29.1 Å². The lowest BCUT2D eigenvalue weighted by Gasteiger charge is -2.24. The van der Waals surface area contributed by atoms with Crippen molar-refractivity contribution < 1.29 is 4.79 Å². The normalized spacial score (nSPS) is 13.9. The van der Waals surface area contributed by atoms with Crippen LogP contribution in [-0.2, 0) is 0 Å². The highest BCUT2D eigenvalue weighted by molar-refractivity contribution is 6.04. The molecule has 6 rings (SSSR count). The standard InChI is InChI=1S/C32H30N4O/c37-32(25-19-17-24(18-20-25)23-10-3-1-4-11-23)34-28-15-9-12-26(22-28)30-31(33-27-13-5-2-6-14-27)36-21-8-7-16-29(36)35-30/h1,3-4,7-12,15-22,27,33H,2,5-6,13-14H2,(H,34,37).